The molecule has 2 aromatic carbocycles. The Morgan fingerprint density at radius 2 is 1.73 bits per heavy atom. The van der Waals surface area contributed by atoms with Crippen molar-refractivity contribution in [3.63, 3.8) is 0 Å². The molecule has 0 fully saturated rings. The molecule has 2 rings (SSSR count). The number of nitrogens with one attached hydrogen (secondary N) is 1. The molecule has 11 heteroatoms. The van der Waals surface area contributed by atoms with Crippen LogP contribution in [0.2, 0.25) is 0 Å². The zero-order valence-corrected chi connectivity index (χ0v) is 21.3. The van der Waals surface area contributed by atoms with Gasteiger partial charge in [0.15, 0.2) is 6.10 Å². The molecule has 202 valence electrons. The predicted octanol–water partition coefficient (Wildman–Crippen LogP) is 4.36. The number of carbonyl (C=O) groups is 2. The van der Waals surface area contributed by atoms with Gasteiger partial charge in [-0.25, -0.2) is 9.59 Å². The van der Waals surface area contributed by atoms with E-state index in [9.17, 15) is 24.8 Å². The molecule has 0 saturated carbocycles. The van der Waals surface area contributed by atoms with E-state index in [1.165, 1.54) is 24.3 Å². The van der Waals surface area contributed by atoms with Gasteiger partial charge in [0.2, 0.25) is 0 Å². The fourth-order valence-electron chi connectivity index (χ4n) is 3.42. The number of amides is 2. The van der Waals surface area contributed by atoms with Gasteiger partial charge in [-0.1, -0.05) is 19.1 Å². The van der Waals surface area contributed by atoms with Gasteiger partial charge >= 0.3 is 12.0 Å². The summed E-state index contributed by atoms with van der Waals surface area (Å²) in [7, 11) is 0. The number of urea groups is 1. The standard InChI is InChI=1S/C26H35N3O8/c1-3-16-35-17-5-14-28(26(32)27-21-8-10-22(11-9-21)29(33)34)15-18-37-23-12-6-20(7-13-23)19-24(25(30)31)36-4-2/h6-13,24H,3-5,14-19H2,1-2H3,(H,27,32)(H,30,31). The summed E-state index contributed by atoms with van der Waals surface area (Å²) in [6.45, 7) is 6.26. The van der Waals surface area contributed by atoms with E-state index in [0.29, 0.717) is 50.8 Å². The Bertz CT molecular complexity index is 982. The molecule has 0 aliphatic rings. The number of carbonyl (C=O) groups excluding carboxylic acids is 1. The van der Waals surface area contributed by atoms with E-state index in [2.05, 4.69) is 5.32 Å². The van der Waals surface area contributed by atoms with Gasteiger partial charge in [-0.2, -0.15) is 0 Å². The lowest BCUT2D eigenvalue weighted by atomic mass is 10.1. The molecule has 0 heterocycles. The second-order valence-corrected chi connectivity index (χ2v) is 8.17. The van der Waals surface area contributed by atoms with Crippen molar-refractivity contribution in [2.75, 3.05) is 44.8 Å². The van der Waals surface area contributed by atoms with E-state index >= 15 is 0 Å². The van der Waals surface area contributed by atoms with Crippen LogP contribution in [0, 0.1) is 10.1 Å². The molecule has 1 atom stereocenters. The minimum atomic E-state index is -1.01. The third kappa shape index (κ3) is 10.8. The number of benzene rings is 2. The van der Waals surface area contributed by atoms with E-state index in [1.807, 2.05) is 6.92 Å². The van der Waals surface area contributed by atoms with Gasteiger partial charge in [0.25, 0.3) is 5.69 Å². The van der Waals surface area contributed by atoms with Gasteiger partial charge in [-0.3, -0.25) is 10.1 Å². The van der Waals surface area contributed by atoms with E-state index < -0.39 is 17.0 Å². The van der Waals surface area contributed by atoms with E-state index in [4.69, 9.17) is 14.2 Å². The van der Waals surface area contributed by atoms with Crippen LogP contribution in [0.25, 0.3) is 0 Å². The fourth-order valence-corrected chi connectivity index (χ4v) is 3.42. The normalized spacial score (nSPS) is 11.5. The highest BCUT2D eigenvalue weighted by atomic mass is 16.6. The highest BCUT2D eigenvalue weighted by molar-refractivity contribution is 5.89. The molecule has 2 N–H and O–H groups in total. The third-order valence-corrected chi connectivity index (χ3v) is 5.30. The number of aliphatic carboxylic acids is 1. The number of hydrogen-bond donors (Lipinski definition) is 2. The molecular weight excluding hydrogens is 482 g/mol. The molecule has 0 saturated heterocycles. The summed E-state index contributed by atoms with van der Waals surface area (Å²) in [5.74, 6) is -0.414. The summed E-state index contributed by atoms with van der Waals surface area (Å²) in [5, 5.41) is 22.9. The van der Waals surface area contributed by atoms with E-state index in [0.717, 1.165) is 12.0 Å². The number of nitro benzene ring substituents is 1. The Morgan fingerprint density at radius 3 is 2.32 bits per heavy atom. The zero-order chi connectivity index (χ0) is 27.0. The molecule has 2 aromatic rings. The molecule has 0 aromatic heterocycles. The number of non-ortho nitro benzene ring substituents is 1. The Kier molecular flexibility index (Phi) is 12.9. The summed E-state index contributed by atoms with van der Waals surface area (Å²) in [6.07, 6.45) is 0.910. The van der Waals surface area contributed by atoms with E-state index in [1.54, 1.807) is 36.1 Å². The SMILES string of the molecule is CCCOCCCN(CCOc1ccc(CC(OCC)C(=O)O)cc1)C(=O)Nc1ccc([N+](=O)[O-])cc1. The summed E-state index contributed by atoms with van der Waals surface area (Å²) >= 11 is 0. The van der Waals surface area contributed by atoms with Gasteiger partial charge in [0.1, 0.15) is 12.4 Å². The summed E-state index contributed by atoms with van der Waals surface area (Å²) in [6, 6.07) is 12.4. The van der Waals surface area contributed by atoms with Crippen molar-refractivity contribution < 1.29 is 33.8 Å². The molecule has 37 heavy (non-hydrogen) atoms. The molecule has 0 radical (unpaired) electrons. The van der Waals surface area contributed by atoms with Crippen LogP contribution in [0.3, 0.4) is 0 Å². The first-order valence-corrected chi connectivity index (χ1v) is 12.3. The number of carboxylic acids is 1. The average Bonchev–Trinajstić information content (AvgIpc) is 2.88. The van der Waals surface area contributed by atoms with Crippen LogP contribution in [-0.2, 0) is 20.7 Å². The first-order chi connectivity index (χ1) is 17.8. The maximum absolute atomic E-state index is 12.9. The topological polar surface area (TPSA) is 140 Å². The van der Waals surface area contributed by atoms with Crippen molar-refractivity contribution in [1.82, 2.24) is 4.90 Å². The molecule has 1 unspecified atom stereocenters. The Morgan fingerprint density at radius 1 is 1.03 bits per heavy atom. The molecular formula is C26H35N3O8. The second kappa shape index (κ2) is 16.1. The van der Waals surface area contributed by atoms with Crippen LogP contribution in [0.15, 0.2) is 48.5 Å². The number of nitrogens with zero attached hydrogens (tertiary/aromatic N) is 2. The maximum Gasteiger partial charge on any atom is 0.333 e. The van der Waals surface area contributed by atoms with Crippen molar-refractivity contribution in [1.29, 1.82) is 0 Å². The summed E-state index contributed by atoms with van der Waals surface area (Å²) in [5.41, 5.74) is 1.20. The Labute approximate surface area is 216 Å². The number of nitro groups is 1. The lowest BCUT2D eigenvalue weighted by molar-refractivity contribution is -0.384. The third-order valence-electron chi connectivity index (χ3n) is 5.30. The number of anilines is 1. The quantitative estimate of drug-likeness (QED) is 0.179. The van der Waals surface area contributed by atoms with Gasteiger partial charge < -0.3 is 29.5 Å². The smallest absolute Gasteiger partial charge is 0.333 e. The van der Waals surface area contributed by atoms with E-state index in [-0.39, 0.29) is 24.7 Å². The summed E-state index contributed by atoms with van der Waals surface area (Å²) < 4.78 is 16.6. The molecule has 0 bridgehead atoms. The Hall–Kier alpha value is -3.70. The van der Waals surface area contributed by atoms with Gasteiger partial charge in [0.05, 0.1) is 11.5 Å². The maximum atomic E-state index is 12.9. The van der Waals surface area contributed by atoms with Crippen molar-refractivity contribution in [2.45, 2.75) is 39.2 Å². The summed E-state index contributed by atoms with van der Waals surface area (Å²) in [4.78, 5) is 36.1. The zero-order valence-electron chi connectivity index (χ0n) is 21.3. The average molecular weight is 518 g/mol. The number of carboxylic acid groups (broad SMARTS) is 1. The first-order valence-electron chi connectivity index (χ1n) is 12.3. The molecule has 0 aliphatic carbocycles. The molecule has 11 nitrogen and oxygen atoms in total. The van der Waals surface area contributed by atoms with Crippen LogP contribution in [0.5, 0.6) is 5.75 Å². The largest absolute Gasteiger partial charge is 0.492 e. The fraction of sp³-hybridized carbons (Fsp3) is 0.462. The minimum absolute atomic E-state index is 0.0567. The predicted molar refractivity (Wildman–Crippen MR) is 138 cm³/mol. The van der Waals surface area contributed by atoms with Crippen molar-refractivity contribution >= 4 is 23.4 Å². The highest BCUT2D eigenvalue weighted by Crippen LogP contribution is 2.17. The molecule has 2 amide bonds. The minimum Gasteiger partial charge on any atom is -0.492 e. The van der Waals surface area contributed by atoms with Crippen molar-refractivity contribution in [3.05, 3.63) is 64.2 Å². The van der Waals surface area contributed by atoms with Gasteiger partial charge in [-0.05, 0) is 49.6 Å². The first kappa shape index (κ1) is 29.5. The number of ether oxygens (including phenoxy) is 3. The van der Waals surface area contributed by atoms with Crippen molar-refractivity contribution in [2.24, 2.45) is 0 Å². The Balaban J connectivity index is 1.92. The van der Waals surface area contributed by atoms with Gasteiger partial charge in [0, 0.05) is 50.6 Å². The lowest BCUT2D eigenvalue weighted by Crippen LogP contribution is -2.39. The lowest BCUT2D eigenvalue weighted by Gasteiger charge is -2.23. The number of rotatable bonds is 17. The highest BCUT2D eigenvalue weighted by Gasteiger charge is 2.18. The monoisotopic (exact) mass is 517 g/mol. The van der Waals surface area contributed by atoms with Crippen LogP contribution in [0.4, 0.5) is 16.2 Å². The van der Waals surface area contributed by atoms with Crippen molar-refractivity contribution in [3.8, 4) is 5.75 Å². The van der Waals surface area contributed by atoms with Crippen LogP contribution >= 0.6 is 0 Å². The number of hydrogen-bond acceptors (Lipinski definition) is 7. The molecule has 0 spiro atoms. The molecule has 0 aliphatic heterocycles. The second-order valence-electron chi connectivity index (χ2n) is 8.17. The van der Waals surface area contributed by atoms with Crippen LogP contribution in [-0.4, -0.2) is 72.6 Å². The van der Waals surface area contributed by atoms with Crippen LogP contribution in [0.1, 0.15) is 32.3 Å². The van der Waals surface area contributed by atoms with Gasteiger partial charge in [-0.15, -0.1) is 0 Å². The van der Waals surface area contributed by atoms with Crippen LogP contribution < -0.4 is 10.1 Å².